The van der Waals surface area contributed by atoms with E-state index in [2.05, 4.69) is 9.88 Å². The van der Waals surface area contributed by atoms with Gasteiger partial charge in [0.1, 0.15) is 11.6 Å². The van der Waals surface area contributed by atoms with Crippen molar-refractivity contribution in [1.29, 1.82) is 0 Å². The third-order valence-electron chi connectivity index (χ3n) is 4.16. The molecule has 1 aliphatic heterocycles. The van der Waals surface area contributed by atoms with Gasteiger partial charge in [0.05, 0.1) is 5.92 Å². The van der Waals surface area contributed by atoms with E-state index in [1.807, 2.05) is 13.8 Å². The highest BCUT2D eigenvalue weighted by Crippen LogP contribution is 2.39. The molecule has 5 nitrogen and oxygen atoms in total. The van der Waals surface area contributed by atoms with Crippen LogP contribution >= 0.6 is 0 Å². The molecule has 1 saturated heterocycles. The average molecular weight is 261 g/mol. The number of aromatic nitrogens is 2. The number of rotatable bonds is 3. The quantitative estimate of drug-likeness (QED) is 0.900. The molecule has 0 amide bonds. The largest absolute Gasteiger partial charge is 0.481 e. The molecule has 0 aromatic carbocycles. The topological polar surface area (TPSA) is 66.3 Å². The SMILES string of the molecule is Cc1nc(C2CC2)nc(N2CC[C@@H](C(=O)O)C2)c1C. The van der Waals surface area contributed by atoms with Crippen molar-refractivity contribution in [2.45, 2.75) is 39.0 Å². The summed E-state index contributed by atoms with van der Waals surface area (Å²) in [6.45, 7) is 5.38. The number of hydrogen-bond acceptors (Lipinski definition) is 4. The average Bonchev–Trinajstić information content (AvgIpc) is 3.09. The molecule has 19 heavy (non-hydrogen) atoms. The van der Waals surface area contributed by atoms with Crippen molar-refractivity contribution in [3.05, 3.63) is 17.1 Å². The molecule has 1 saturated carbocycles. The molecule has 1 aromatic rings. The lowest BCUT2D eigenvalue weighted by atomic mass is 10.1. The van der Waals surface area contributed by atoms with Gasteiger partial charge in [0.15, 0.2) is 0 Å². The minimum atomic E-state index is -0.701. The van der Waals surface area contributed by atoms with Crippen LogP contribution in [0, 0.1) is 19.8 Å². The van der Waals surface area contributed by atoms with Crippen LogP contribution in [0.4, 0.5) is 5.82 Å². The highest BCUT2D eigenvalue weighted by Gasteiger charge is 2.32. The second-order valence-electron chi connectivity index (χ2n) is 5.66. The molecule has 0 spiro atoms. The van der Waals surface area contributed by atoms with Crippen LogP contribution in [0.1, 0.15) is 42.3 Å². The van der Waals surface area contributed by atoms with Crippen molar-refractivity contribution < 1.29 is 9.90 Å². The van der Waals surface area contributed by atoms with Crippen molar-refractivity contribution in [3.8, 4) is 0 Å². The predicted octanol–water partition coefficient (Wildman–Crippen LogP) is 1.88. The number of anilines is 1. The Morgan fingerprint density at radius 2 is 2.00 bits per heavy atom. The molecule has 0 bridgehead atoms. The highest BCUT2D eigenvalue weighted by molar-refractivity contribution is 5.72. The number of aliphatic carboxylic acids is 1. The Morgan fingerprint density at radius 3 is 2.58 bits per heavy atom. The Hall–Kier alpha value is -1.65. The zero-order valence-corrected chi connectivity index (χ0v) is 11.4. The normalized spacial score (nSPS) is 22.8. The summed E-state index contributed by atoms with van der Waals surface area (Å²) in [5.74, 6) is 1.44. The second kappa shape index (κ2) is 4.47. The Labute approximate surface area is 112 Å². The van der Waals surface area contributed by atoms with E-state index in [0.717, 1.165) is 29.4 Å². The molecule has 1 N–H and O–H groups in total. The standard InChI is InChI=1S/C14H19N3O2/c1-8-9(2)15-12(10-3-4-10)16-13(8)17-6-5-11(7-17)14(18)19/h10-11H,3-7H2,1-2H3,(H,18,19)/t11-/m1/s1. The molecular weight excluding hydrogens is 242 g/mol. The number of hydrogen-bond donors (Lipinski definition) is 1. The number of nitrogens with zero attached hydrogens (tertiary/aromatic N) is 3. The molecule has 2 fully saturated rings. The number of carbonyl (C=O) groups is 1. The Kier molecular flexibility index (Phi) is 2.92. The van der Waals surface area contributed by atoms with Gasteiger partial charge in [0, 0.05) is 30.3 Å². The lowest BCUT2D eigenvalue weighted by Crippen LogP contribution is -2.25. The van der Waals surface area contributed by atoms with Crippen LogP contribution in [0.5, 0.6) is 0 Å². The van der Waals surface area contributed by atoms with Gasteiger partial charge in [-0.15, -0.1) is 0 Å². The van der Waals surface area contributed by atoms with Crippen LogP contribution in [-0.2, 0) is 4.79 Å². The third-order valence-corrected chi connectivity index (χ3v) is 4.16. The van der Waals surface area contributed by atoms with E-state index in [4.69, 9.17) is 10.1 Å². The first-order valence-electron chi connectivity index (χ1n) is 6.89. The van der Waals surface area contributed by atoms with Crippen molar-refractivity contribution in [2.24, 2.45) is 5.92 Å². The van der Waals surface area contributed by atoms with E-state index in [1.54, 1.807) is 0 Å². The fourth-order valence-corrected chi connectivity index (χ4v) is 2.62. The first-order valence-corrected chi connectivity index (χ1v) is 6.89. The maximum absolute atomic E-state index is 11.1. The van der Waals surface area contributed by atoms with Crippen LogP contribution < -0.4 is 4.90 Å². The van der Waals surface area contributed by atoms with Crippen molar-refractivity contribution >= 4 is 11.8 Å². The summed E-state index contributed by atoms with van der Waals surface area (Å²) >= 11 is 0. The zero-order chi connectivity index (χ0) is 13.6. The van der Waals surface area contributed by atoms with Crippen LogP contribution in [0.3, 0.4) is 0 Å². The maximum atomic E-state index is 11.1. The molecule has 3 rings (SSSR count). The lowest BCUT2D eigenvalue weighted by Gasteiger charge is -2.20. The van der Waals surface area contributed by atoms with Gasteiger partial charge >= 0.3 is 5.97 Å². The molecule has 2 aliphatic rings. The van der Waals surface area contributed by atoms with E-state index in [9.17, 15) is 4.79 Å². The Bertz CT molecular complexity index is 526. The Balaban J connectivity index is 1.89. The van der Waals surface area contributed by atoms with Gasteiger partial charge in [-0.25, -0.2) is 9.97 Å². The molecule has 2 heterocycles. The summed E-state index contributed by atoms with van der Waals surface area (Å²) in [6.07, 6.45) is 3.07. The third kappa shape index (κ3) is 2.29. The summed E-state index contributed by atoms with van der Waals surface area (Å²) in [5, 5.41) is 9.10. The van der Waals surface area contributed by atoms with Crippen molar-refractivity contribution in [1.82, 2.24) is 9.97 Å². The van der Waals surface area contributed by atoms with Gasteiger partial charge in [0.2, 0.25) is 0 Å². The van der Waals surface area contributed by atoms with E-state index in [0.29, 0.717) is 18.9 Å². The molecule has 0 radical (unpaired) electrons. The fourth-order valence-electron chi connectivity index (χ4n) is 2.62. The van der Waals surface area contributed by atoms with Gasteiger partial charge in [-0.05, 0) is 33.1 Å². The first kappa shape index (κ1) is 12.4. The number of carboxylic acids is 1. The smallest absolute Gasteiger partial charge is 0.308 e. The zero-order valence-electron chi connectivity index (χ0n) is 11.4. The molecule has 1 atom stereocenters. The predicted molar refractivity (Wildman–Crippen MR) is 71.4 cm³/mol. The molecule has 1 aromatic heterocycles. The first-order chi connectivity index (χ1) is 9.06. The summed E-state index contributed by atoms with van der Waals surface area (Å²) in [5.41, 5.74) is 2.10. The van der Waals surface area contributed by atoms with Crippen LogP contribution in [0.15, 0.2) is 0 Å². The van der Waals surface area contributed by atoms with E-state index >= 15 is 0 Å². The number of aryl methyl sites for hydroxylation is 1. The molecule has 102 valence electrons. The van der Waals surface area contributed by atoms with Gasteiger partial charge in [-0.3, -0.25) is 4.79 Å². The van der Waals surface area contributed by atoms with Crippen LogP contribution in [0.2, 0.25) is 0 Å². The van der Waals surface area contributed by atoms with Crippen LogP contribution in [0.25, 0.3) is 0 Å². The molecular formula is C14H19N3O2. The minimum absolute atomic E-state index is 0.265. The van der Waals surface area contributed by atoms with Gasteiger partial charge in [-0.2, -0.15) is 0 Å². The fraction of sp³-hybridized carbons (Fsp3) is 0.643. The summed E-state index contributed by atoms with van der Waals surface area (Å²) in [4.78, 5) is 22.4. The molecule has 0 unspecified atom stereocenters. The van der Waals surface area contributed by atoms with Gasteiger partial charge in [0.25, 0.3) is 0 Å². The highest BCUT2D eigenvalue weighted by atomic mass is 16.4. The maximum Gasteiger partial charge on any atom is 0.308 e. The summed E-state index contributed by atoms with van der Waals surface area (Å²) in [6, 6.07) is 0. The van der Waals surface area contributed by atoms with Crippen molar-refractivity contribution in [3.63, 3.8) is 0 Å². The van der Waals surface area contributed by atoms with E-state index in [1.165, 1.54) is 12.8 Å². The van der Waals surface area contributed by atoms with E-state index < -0.39 is 5.97 Å². The molecule has 1 aliphatic carbocycles. The second-order valence-corrected chi connectivity index (χ2v) is 5.66. The van der Waals surface area contributed by atoms with Gasteiger partial charge in [-0.1, -0.05) is 0 Å². The van der Waals surface area contributed by atoms with Crippen molar-refractivity contribution in [2.75, 3.05) is 18.0 Å². The van der Waals surface area contributed by atoms with E-state index in [-0.39, 0.29) is 5.92 Å². The number of carboxylic acid groups (broad SMARTS) is 1. The monoisotopic (exact) mass is 261 g/mol. The summed E-state index contributed by atoms with van der Waals surface area (Å²) < 4.78 is 0. The van der Waals surface area contributed by atoms with Gasteiger partial charge < -0.3 is 10.0 Å². The molecule has 5 heteroatoms. The summed E-state index contributed by atoms with van der Waals surface area (Å²) in [7, 11) is 0. The van der Waals surface area contributed by atoms with Crippen LogP contribution in [-0.4, -0.2) is 34.1 Å². The minimum Gasteiger partial charge on any atom is -0.481 e. The Morgan fingerprint density at radius 1 is 1.26 bits per heavy atom. The lowest BCUT2D eigenvalue weighted by molar-refractivity contribution is -0.140.